The summed E-state index contributed by atoms with van der Waals surface area (Å²) in [6.07, 6.45) is 0. The molecular weight excluding hydrogens is 312 g/mol. The first-order valence-corrected chi connectivity index (χ1v) is 7.22. The molecule has 0 atom stereocenters. The number of imidazole rings is 1. The molecule has 0 bridgehead atoms. The average molecular weight is 329 g/mol. The first-order valence-electron chi connectivity index (χ1n) is 7.22. The van der Waals surface area contributed by atoms with Crippen LogP contribution < -0.4 is 5.69 Å². The number of esters is 1. The minimum absolute atomic E-state index is 0.0556. The molecule has 0 saturated carbocycles. The highest BCUT2D eigenvalue weighted by Crippen LogP contribution is 2.17. The van der Waals surface area contributed by atoms with Crippen LogP contribution in [0.25, 0.3) is 21.7 Å². The molecule has 2 rings (SSSR count). The second-order valence-electron chi connectivity index (χ2n) is 5.04. The molecule has 0 fully saturated rings. The molecule has 0 saturated heterocycles. The van der Waals surface area contributed by atoms with Gasteiger partial charge in [-0.3, -0.25) is 9.13 Å². The number of para-hydroxylation sites is 2. The van der Waals surface area contributed by atoms with Gasteiger partial charge < -0.3 is 9.84 Å². The Kier molecular flexibility index (Phi) is 4.84. The summed E-state index contributed by atoms with van der Waals surface area (Å²) in [6, 6.07) is 6.95. The molecule has 0 amide bonds. The molecule has 0 aliphatic heterocycles. The van der Waals surface area contributed by atoms with E-state index >= 15 is 0 Å². The predicted octanol–water partition coefficient (Wildman–Crippen LogP) is 2.48. The zero-order chi connectivity index (χ0) is 17.9. The topological polar surface area (TPSA) is 102 Å². The van der Waals surface area contributed by atoms with Gasteiger partial charge in [0, 0.05) is 5.70 Å². The van der Waals surface area contributed by atoms with Crippen molar-refractivity contribution < 1.29 is 14.6 Å². The van der Waals surface area contributed by atoms with Crippen molar-refractivity contribution in [2.24, 2.45) is 0 Å². The molecule has 0 aliphatic rings. The molecule has 1 N–H and O–H groups in total. The Morgan fingerprint density at radius 1 is 1.38 bits per heavy atom. The maximum absolute atomic E-state index is 12.6. The number of carbonyl (C=O) groups excluding carboxylic acids is 1. The Balaban J connectivity index is 2.61. The molecule has 24 heavy (non-hydrogen) atoms. The Bertz CT molecular complexity index is 943. The van der Waals surface area contributed by atoms with E-state index in [1.54, 1.807) is 38.1 Å². The number of hydrogen-bond acceptors (Lipinski definition) is 5. The monoisotopic (exact) mass is 329 g/mol. The number of allylic oxidation sites excluding steroid dienone is 2. The van der Waals surface area contributed by atoms with Crippen LogP contribution in [0.1, 0.15) is 13.8 Å². The maximum Gasteiger partial charge on any atom is 0.507 e. The van der Waals surface area contributed by atoms with Crippen molar-refractivity contribution in [1.29, 1.82) is 5.39 Å². The van der Waals surface area contributed by atoms with Gasteiger partial charge in [-0.25, -0.2) is 9.59 Å². The number of aliphatic hydroxyl groups excluding tert-OH is 1. The van der Waals surface area contributed by atoms with E-state index < -0.39 is 23.1 Å². The third kappa shape index (κ3) is 2.92. The van der Waals surface area contributed by atoms with Gasteiger partial charge in [-0.1, -0.05) is 18.7 Å². The van der Waals surface area contributed by atoms with E-state index in [2.05, 4.69) is 11.6 Å². The molecule has 1 heterocycles. The van der Waals surface area contributed by atoms with Gasteiger partial charge in [0.15, 0.2) is 4.98 Å². The van der Waals surface area contributed by atoms with Gasteiger partial charge in [-0.05, 0) is 26.0 Å². The van der Waals surface area contributed by atoms with E-state index in [1.807, 2.05) is 0 Å². The van der Waals surface area contributed by atoms with Crippen LogP contribution in [-0.2, 0) is 16.1 Å². The van der Waals surface area contributed by atoms with Gasteiger partial charge in [0.05, 0.1) is 24.2 Å². The normalized spacial score (nSPS) is 11.7. The Morgan fingerprint density at radius 2 is 2.00 bits per heavy atom. The average Bonchev–Trinajstić information content (AvgIpc) is 2.81. The lowest BCUT2D eigenvalue weighted by Crippen LogP contribution is -2.24. The van der Waals surface area contributed by atoms with Gasteiger partial charge in [0.2, 0.25) is 11.2 Å². The molecule has 0 spiro atoms. The first-order chi connectivity index (χ1) is 11.4. The molecule has 8 nitrogen and oxygen atoms in total. The highest BCUT2D eigenvalue weighted by atomic mass is 16.5. The van der Waals surface area contributed by atoms with Crippen LogP contribution >= 0.6 is 0 Å². The summed E-state index contributed by atoms with van der Waals surface area (Å²) in [5, 5.41) is 19.1. The number of hydrogen-bond donors (Lipinski definition) is 1. The summed E-state index contributed by atoms with van der Waals surface area (Å²) in [6.45, 7) is 6.74. The molecule has 1 aromatic heterocycles. The maximum atomic E-state index is 12.6. The van der Waals surface area contributed by atoms with Crippen molar-refractivity contribution in [1.82, 2.24) is 9.13 Å². The van der Waals surface area contributed by atoms with E-state index in [4.69, 9.17) is 10.1 Å². The number of aromatic nitrogens is 2. The summed E-state index contributed by atoms with van der Waals surface area (Å²) in [7, 11) is 0. The fourth-order valence-electron chi connectivity index (χ4n) is 2.37. The number of nitrogens with zero attached hydrogens (tertiary/aromatic N) is 4. The van der Waals surface area contributed by atoms with Crippen molar-refractivity contribution in [2.75, 3.05) is 6.61 Å². The summed E-state index contributed by atoms with van der Waals surface area (Å²) in [5.41, 5.74) is 0.586. The zero-order valence-corrected chi connectivity index (χ0v) is 13.4. The lowest BCUT2D eigenvalue weighted by molar-refractivity contribution is -0.138. The Morgan fingerprint density at radius 3 is 2.54 bits per heavy atom. The third-order valence-electron chi connectivity index (χ3n) is 3.37. The van der Waals surface area contributed by atoms with E-state index in [0.717, 1.165) is 0 Å². The largest absolute Gasteiger partial charge is 0.507 e. The summed E-state index contributed by atoms with van der Waals surface area (Å²) < 4.78 is 7.34. The van der Waals surface area contributed by atoms with E-state index in [9.17, 15) is 14.7 Å². The van der Waals surface area contributed by atoms with Gasteiger partial charge in [0.25, 0.3) is 0 Å². The van der Waals surface area contributed by atoms with Crippen LogP contribution in [0.3, 0.4) is 0 Å². The molecule has 0 aliphatic carbocycles. The minimum Gasteiger partial charge on any atom is -0.503 e. The van der Waals surface area contributed by atoms with Gasteiger partial charge in [0.1, 0.15) is 0 Å². The zero-order valence-electron chi connectivity index (χ0n) is 13.4. The van der Waals surface area contributed by atoms with Crippen molar-refractivity contribution >= 4 is 22.7 Å². The highest BCUT2D eigenvalue weighted by Gasteiger charge is 2.31. The van der Waals surface area contributed by atoms with Crippen LogP contribution in [0.5, 0.6) is 0 Å². The van der Waals surface area contributed by atoms with Gasteiger partial charge >= 0.3 is 17.4 Å². The van der Waals surface area contributed by atoms with E-state index in [1.165, 1.54) is 9.13 Å². The van der Waals surface area contributed by atoms with Crippen LogP contribution in [-0.4, -0.2) is 26.8 Å². The van der Waals surface area contributed by atoms with Crippen molar-refractivity contribution in [2.45, 2.75) is 20.4 Å². The standard InChI is InChI=1S/C16H16N4O4/c1-4-24-15(22)14(18-17)13(21)9-19-11-7-5-6-8-12(11)20(10(2)3)16(19)23/h5-8H,2,4,9H2,1,3H3/p+1. The summed E-state index contributed by atoms with van der Waals surface area (Å²) >= 11 is 0. The van der Waals surface area contributed by atoms with Crippen molar-refractivity contribution in [3.8, 4) is 0 Å². The predicted molar refractivity (Wildman–Crippen MR) is 88.6 cm³/mol. The molecule has 0 radical (unpaired) electrons. The quantitative estimate of drug-likeness (QED) is 0.393. The number of diazo groups is 1. The summed E-state index contributed by atoms with van der Waals surface area (Å²) in [5.74, 6) is -1.56. The number of fused-ring (bicyclic) bond motifs is 1. The van der Waals surface area contributed by atoms with Crippen molar-refractivity contribution in [3.63, 3.8) is 0 Å². The number of rotatable bonds is 5. The van der Waals surface area contributed by atoms with Gasteiger partial charge in [-0.2, -0.15) is 0 Å². The van der Waals surface area contributed by atoms with Crippen LogP contribution in [0.2, 0.25) is 0 Å². The molecule has 0 unspecified atom stereocenters. The smallest absolute Gasteiger partial charge is 0.503 e. The third-order valence-corrected chi connectivity index (χ3v) is 3.37. The lowest BCUT2D eigenvalue weighted by atomic mass is 10.3. The fraction of sp³-hybridized carbons (Fsp3) is 0.250. The molecule has 1 aromatic carbocycles. The van der Waals surface area contributed by atoms with E-state index in [0.29, 0.717) is 16.7 Å². The van der Waals surface area contributed by atoms with Crippen molar-refractivity contribution in [3.05, 3.63) is 57.8 Å². The lowest BCUT2D eigenvalue weighted by Gasteiger charge is -2.01. The number of aliphatic hydroxyl groups is 1. The molecule has 2 aromatic rings. The number of ether oxygens (including phenoxy) is 1. The molecule has 124 valence electrons. The van der Waals surface area contributed by atoms with Gasteiger partial charge in [-0.15, -0.1) is 0 Å². The second-order valence-corrected chi connectivity index (χ2v) is 5.04. The fourth-order valence-corrected chi connectivity index (χ4v) is 2.37. The number of carbonyl (C=O) groups is 1. The molecular formula is C16H17N4O4+. The molecule has 8 heteroatoms. The minimum atomic E-state index is -0.978. The summed E-state index contributed by atoms with van der Waals surface area (Å²) in [4.78, 5) is 27.0. The highest BCUT2D eigenvalue weighted by molar-refractivity contribution is 5.90. The van der Waals surface area contributed by atoms with Crippen LogP contribution in [0.15, 0.2) is 47.1 Å². The number of benzene rings is 1. The second kappa shape index (κ2) is 6.83. The van der Waals surface area contributed by atoms with Crippen LogP contribution in [0, 0.1) is 5.39 Å². The first kappa shape index (κ1) is 17.0. The Hall–Kier alpha value is -3.34. The Labute approximate surface area is 137 Å². The SMILES string of the molecule is C=C(C)n1c(=O)n(C/C(O)=C(\[N+]#N)C(=O)OCC)c2ccccc21. The van der Waals surface area contributed by atoms with E-state index in [-0.39, 0.29) is 13.2 Å². The van der Waals surface area contributed by atoms with Crippen LogP contribution in [0.4, 0.5) is 0 Å².